The molecule has 0 unspecified atom stereocenters. The number of aryl methyl sites for hydroxylation is 1. The van der Waals surface area contributed by atoms with E-state index in [0.717, 1.165) is 11.1 Å². The number of benzene rings is 2. The first-order chi connectivity index (χ1) is 10.9. The lowest BCUT2D eigenvalue weighted by atomic mass is 9.94. The molecule has 0 aliphatic rings. The van der Waals surface area contributed by atoms with E-state index in [9.17, 15) is 4.79 Å². The average molecular weight is 313 g/mol. The molecule has 4 nitrogen and oxygen atoms in total. The summed E-state index contributed by atoms with van der Waals surface area (Å²) in [6.07, 6.45) is 0. The normalized spacial score (nSPS) is 11.1. The fourth-order valence-electron chi connectivity index (χ4n) is 2.30. The third-order valence-corrected chi connectivity index (χ3v) is 3.70. The van der Waals surface area contributed by atoms with Crippen molar-refractivity contribution in [3.63, 3.8) is 0 Å². The molecule has 122 valence electrons. The topological polar surface area (TPSA) is 47.6 Å². The van der Waals surface area contributed by atoms with Crippen LogP contribution in [-0.4, -0.2) is 19.8 Å². The fraction of sp³-hybridized carbons (Fsp3) is 0.316. The molecular weight excluding hydrogens is 290 g/mol. The molecular formula is C19H23NO3. The number of carbonyl (C=O) groups is 1. The molecule has 23 heavy (non-hydrogen) atoms. The highest BCUT2D eigenvalue weighted by Crippen LogP contribution is 2.23. The zero-order chi connectivity index (χ0) is 16.9. The molecule has 0 atom stereocenters. The zero-order valence-electron chi connectivity index (χ0n) is 14.1. The van der Waals surface area contributed by atoms with E-state index < -0.39 is 5.54 Å². The molecule has 4 heteroatoms. The summed E-state index contributed by atoms with van der Waals surface area (Å²) in [6, 6.07) is 15.3. The van der Waals surface area contributed by atoms with E-state index in [2.05, 4.69) is 5.32 Å². The third-order valence-electron chi connectivity index (χ3n) is 3.70. The Morgan fingerprint density at radius 2 is 1.83 bits per heavy atom. The molecule has 0 saturated heterocycles. The van der Waals surface area contributed by atoms with Gasteiger partial charge in [-0.2, -0.15) is 0 Å². The van der Waals surface area contributed by atoms with Crippen LogP contribution in [0, 0.1) is 6.92 Å². The van der Waals surface area contributed by atoms with Crippen molar-refractivity contribution >= 4 is 5.91 Å². The minimum absolute atomic E-state index is 0.138. The molecule has 1 N–H and O–H groups in total. The van der Waals surface area contributed by atoms with Crippen molar-refractivity contribution in [3.05, 3.63) is 65.2 Å². The van der Waals surface area contributed by atoms with Gasteiger partial charge in [-0.3, -0.25) is 4.79 Å². The molecule has 2 aromatic rings. The number of hydrogen-bond acceptors (Lipinski definition) is 3. The van der Waals surface area contributed by atoms with Gasteiger partial charge >= 0.3 is 0 Å². The van der Waals surface area contributed by atoms with Crippen LogP contribution in [0.4, 0.5) is 0 Å². The molecule has 2 rings (SSSR count). The van der Waals surface area contributed by atoms with Gasteiger partial charge in [0.1, 0.15) is 5.75 Å². The molecule has 0 bridgehead atoms. The van der Waals surface area contributed by atoms with Crippen molar-refractivity contribution < 1.29 is 14.3 Å². The maximum atomic E-state index is 12.6. The molecule has 0 aliphatic carbocycles. The maximum Gasteiger partial charge on any atom is 0.252 e. The number of rotatable bonds is 6. The van der Waals surface area contributed by atoms with Gasteiger partial charge in [0.25, 0.3) is 5.91 Å². The van der Waals surface area contributed by atoms with E-state index in [1.807, 2.05) is 57.2 Å². The number of carbonyl (C=O) groups excluding carboxylic acids is 1. The highest BCUT2D eigenvalue weighted by atomic mass is 16.7. The molecule has 2 aromatic carbocycles. The molecule has 1 amide bonds. The molecule has 0 fully saturated rings. The first-order valence-corrected chi connectivity index (χ1v) is 7.54. The summed E-state index contributed by atoms with van der Waals surface area (Å²) >= 11 is 0. The highest BCUT2D eigenvalue weighted by Gasteiger charge is 2.23. The lowest BCUT2D eigenvalue weighted by molar-refractivity contribution is 0.0505. The van der Waals surface area contributed by atoms with Crippen LogP contribution in [-0.2, 0) is 10.3 Å². The van der Waals surface area contributed by atoms with E-state index in [4.69, 9.17) is 9.47 Å². The van der Waals surface area contributed by atoms with Gasteiger partial charge in [0.05, 0.1) is 5.54 Å². The number of ether oxygens (including phenoxy) is 2. The van der Waals surface area contributed by atoms with Crippen molar-refractivity contribution in [1.29, 1.82) is 0 Å². The second-order valence-corrected chi connectivity index (χ2v) is 5.98. The molecule has 0 saturated carbocycles. The molecule has 0 radical (unpaired) electrons. The van der Waals surface area contributed by atoms with Crippen molar-refractivity contribution in [2.75, 3.05) is 13.9 Å². The van der Waals surface area contributed by atoms with Gasteiger partial charge in [-0.25, -0.2) is 0 Å². The molecule has 0 aromatic heterocycles. The van der Waals surface area contributed by atoms with E-state index >= 15 is 0 Å². The van der Waals surface area contributed by atoms with Crippen molar-refractivity contribution in [3.8, 4) is 5.75 Å². The first-order valence-electron chi connectivity index (χ1n) is 7.54. The third kappa shape index (κ3) is 4.33. The number of methoxy groups -OCH3 is 1. The summed E-state index contributed by atoms with van der Waals surface area (Å²) in [7, 11) is 1.56. The highest BCUT2D eigenvalue weighted by molar-refractivity contribution is 5.95. The van der Waals surface area contributed by atoms with Crippen molar-refractivity contribution in [1.82, 2.24) is 5.32 Å². The summed E-state index contributed by atoms with van der Waals surface area (Å²) in [5, 5.41) is 3.07. The van der Waals surface area contributed by atoms with Crippen LogP contribution in [0.1, 0.15) is 35.3 Å². The van der Waals surface area contributed by atoms with Crippen LogP contribution in [0.5, 0.6) is 5.75 Å². The quantitative estimate of drug-likeness (QED) is 0.828. The van der Waals surface area contributed by atoms with Crippen LogP contribution < -0.4 is 10.1 Å². The Morgan fingerprint density at radius 3 is 2.48 bits per heavy atom. The average Bonchev–Trinajstić information content (AvgIpc) is 2.54. The van der Waals surface area contributed by atoms with E-state index in [-0.39, 0.29) is 12.7 Å². The van der Waals surface area contributed by atoms with Gasteiger partial charge in [0.2, 0.25) is 0 Å². The maximum absolute atomic E-state index is 12.6. The van der Waals surface area contributed by atoms with E-state index in [1.165, 1.54) is 0 Å². The van der Waals surface area contributed by atoms with Gasteiger partial charge < -0.3 is 14.8 Å². The predicted molar refractivity (Wildman–Crippen MR) is 90.6 cm³/mol. The summed E-state index contributed by atoms with van der Waals surface area (Å²) in [4.78, 5) is 12.6. The number of hydrogen-bond donors (Lipinski definition) is 1. The fourth-order valence-corrected chi connectivity index (χ4v) is 2.30. The van der Waals surface area contributed by atoms with Gasteiger partial charge in [0, 0.05) is 12.7 Å². The molecule has 0 heterocycles. The Labute approximate surface area is 137 Å². The molecule has 0 spiro atoms. The van der Waals surface area contributed by atoms with E-state index in [1.54, 1.807) is 19.2 Å². The number of nitrogens with one attached hydrogen (secondary N) is 1. The standard InChI is InChI=1S/C19H23NO3/c1-14-10-11-15(12-17(14)23-13-22-4)18(21)20-19(2,3)16-8-6-5-7-9-16/h5-12H,13H2,1-4H3,(H,20,21). The Balaban J connectivity index is 2.17. The Morgan fingerprint density at radius 1 is 1.13 bits per heavy atom. The minimum Gasteiger partial charge on any atom is -0.467 e. The molecule has 0 aliphatic heterocycles. The van der Waals surface area contributed by atoms with E-state index in [0.29, 0.717) is 11.3 Å². The lowest BCUT2D eigenvalue weighted by Gasteiger charge is -2.27. The van der Waals surface area contributed by atoms with Gasteiger partial charge in [0.15, 0.2) is 6.79 Å². The Kier molecular flexibility index (Phi) is 5.40. The van der Waals surface area contributed by atoms with Gasteiger partial charge in [-0.1, -0.05) is 36.4 Å². The number of amides is 1. The van der Waals surface area contributed by atoms with Crippen LogP contribution in [0.3, 0.4) is 0 Å². The van der Waals surface area contributed by atoms with Crippen LogP contribution >= 0.6 is 0 Å². The van der Waals surface area contributed by atoms with Crippen LogP contribution in [0.2, 0.25) is 0 Å². The summed E-state index contributed by atoms with van der Waals surface area (Å²) in [6.45, 7) is 6.05. The van der Waals surface area contributed by atoms with Crippen molar-refractivity contribution in [2.24, 2.45) is 0 Å². The zero-order valence-corrected chi connectivity index (χ0v) is 14.1. The summed E-state index contributed by atoms with van der Waals surface area (Å²) < 4.78 is 10.4. The lowest BCUT2D eigenvalue weighted by Crippen LogP contribution is -2.40. The summed E-state index contributed by atoms with van der Waals surface area (Å²) in [5.41, 5.74) is 2.11. The Bertz CT molecular complexity index is 666. The minimum atomic E-state index is -0.462. The van der Waals surface area contributed by atoms with Crippen molar-refractivity contribution in [2.45, 2.75) is 26.3 Å². The van der Waals surface area contributed by atoms with Gasteiger partial charge in [-0.05, 0) is 44.0 Å². The van der Waals surface area contributed by atoms with Crippen LogP contribution in [0.25, 0.3) is 0 Å². The monoisotopic (exact) mass is 313 g/mol. The predicted octanol–water partition coefficient (Wildman–Crippen LogP) is 3.64. The summed E-state index contributed by atoms with van der Waals surface area (Å²) in [5.74, 6) is 0.512. The second-order valence-electron chi connectivity index (χ2n) is 5.98. The van der Waals surface area contributed by atoms with Gasteiger partial charge in [-0.15, -0.1) is 0 Å². The SMILES string of the molecule is COCOc1cc(C(=O)NC(C)(C)c2ccccc2)ccc1C. The van der Waals surface area contributed by atoms with Crippen LogP contribution in [0.15, 0.2) is 48.5 Å². The second kappa shape index (κ2) is 7.29. The largest absolute Gasteiger partial charge is 0.467 e. The first kappa shape index (κ1) is 17.0. The smallest absolute Gasteiger partial charge is 0.252 e. The Hall–Kier alpha value is -2.33.